The molecule has 0 spiro atoms. The Morgan fingerprint density at radius 2 is 1.34 bits per heavy atom. The van der Waals surface area contributed by atoms with E-state index in [0.717, 1.165) is 23.3 Å². The maximum atomic E-state index is 13.8. The van der Waals surface area contributed by atoms with Crippen molar-refractivity contribution in [1.82, 2.24) is 4.72 Å². The van der Waals surface area contributed by atoms with Crippen molar-refractivity contribution in [3.8, 4) is 5.75 Å². The molecule has 0 amide bonds. The maximum absolute atomic E-state index is 13.8. The molecular formula is C33H45NO3S. The summed E-state index contributed by atoms with van der Waals surface area (Å²) in [5.41, 5.74) is 5.42. The first-order valence-electron chi connectivity index (χ1n) is 14.0. The second-order valence-electron chi connectivity index (χ2n) is 11.1. The Kier molecular flexibility index (Phi) is 10.6. The number of sulfonamides is 1. The molecule has 0 unspecified atom stereocenters. The molecule has 0 fully saturated rings. The molecule has 0 saturated heterocycles. The summed E-state index contributed by atoms with van der Waals surface area (Å²) in [5.74, 6) is 1.60. The van der Waals surface area contributed by atoms with Crippen molar-refractivity contribution < 1.29 is 13.2 Å². The highest BCUT2D eigenvalue weighted by Gasteiger charge is 2.27. The lowest BCUT2D eigenvalue weighted by Gasteiger charge is -2.23. The molecule has 0 heterocycles. The molecule has 1 N–H and O–H groups in total. The summed E-state index contributed by atoms with van der Waals surface area (Å²) in [4.78, 5) is 0.467. The molecule has 4 nitrogen and oxygen atoms in total. The first-order chi connectivity index (χ1) is 18.0. The molecule has 3 aromatic carbocycles. The lowest BCUT2D eigenvalue weighted by Crippen LogP contribution is -2.29. The first-order valence-corrected chi connectivity index (χ1v) is 15.5. The number of rotatable bonds is 13. The molecule has 0 aliphatic heterocycles. The largest absolute Gasteiger partial charge is 0.494 e. The van der Waals surface area contributed by atoms with Crippen LogP contribution < -0.4 is 9.46 Å². The highest BCUT2D eigenvalue weighted by molar-refractivity contribution is 7.89. The van der Waals surface area contributed by atoms with Gasteiger partial charge in [-0.2, -0.15) is 0 Å². The van der Waals surface area contributed by atoms with Crippen LogP contribution in [0.4, 0.5) is 0 Å². The number of hydrogen-bond acceptors (Lipinski definition) is 3. The Bertz CT molecular complexity index is 1230. The Hall–Kier alpha value is -2.63. The third-order valence-electron chi connectivity index (χ3n) is 7.12. The maximum Gasteiger partial charge on any atom is 0.241 e. The second kappa shape index (κ2) is 13.4. The summed E-state index contributed by atoms with van der Waals surface area (Å²) in [6, 6.07) is 22.8. The minimum atomic E-state index is -3.68. The van der Waals surface area contributed by atoms with Crippen LogP contribution in [0.25, 0.3) is 0 Å². The Morgan fingerprint density at radius 3 is 1.84 bits per heavy atom. The van der Waals surface area contributed by atoms with E-state index in [9.17, 15) is 8.42 Å². The average Bonchev–Trinajstić information content (AvgIpc) is 2.88. The number of nitrogens with one attached hydrogen (secondary N) is 1. The fourth-order valence-corrected chi connectivity index (χ4v) is 6.67. The van der Waals surface area contributed by atoms with Crippen LogP contribution in [0.1, 0.15) is 106 Å². The molecule has 3 aromatic rings. The van der Waals surface area contributed by atoms with Gasteiger partial charge in [-0.25, -0.2) is 13.1 Å². The molecule has 206 valence electrons. The van der Waals surface area contributed by atoms with Crippen molar-refractivity contribution in [2.45, 2.75) is 89.9 Å². The van der Waals surface area contributed by atoms with Gasteiger partial charge in [0.2, 0.25) is 10.0 Å². The van der Waals surface area contributed by atoms with Gasteiger partial charge in [-0.3, -0.25) is 0 Å². The number of benzene rings is 3. The quantitative estimate of drug-likeness (QED) is 0.240. The zero-order chi connectivity index (χ0) is 27.9. The van der Waals surface area contributed by atoms with Crippen molar-refractivity contribution >= 4 is 10.0 Å². The summed E-state index contributed by atoms with van der Waals surface area (Å²) in [5, 5.41) is 0. The molecular weight excluding hydrogens is 490 g/mol. The fraction of sp³-hybridized carbons (Fsp3) is 0.455. The molecule has 0 aliphatic rings. The van der Waals surface area contributed by atoms with Gasteiger partial charge in [-0.1, -0.05) is 96.1 Å². The summed E-state index contributed by atoms with van der Waals surface area (Å²) in [6.45, 7) is 15.6. The molecule has 5 heteroatoms. The minimum absolute atomic E-state index is 0.106. The van der Waals surface area contributed by atoms with E-state index in [-0.39, 0.29) is 17.8 Å². The van der Waals surface area contributed by atoms with E-state index in [1.165, 1.54) is 16.7 Å². The van der Waals surface area contributed by atoms with Crippen LogP contribution >= 0.6 is 0 Å². The van der Waals surface area contributed by atoms with Gasteiger partial charge in [-0.15, -0.1) is 0 Å². The Labute approximate surface area is 230 Å². The summed E-state index contributed by atoms with van der Waals surface area (Å²) in [6.07, 6.45) is 1.53. The number of ether oxygens (including phenoxy) is 1. The molecule has 1 atom stereocenters. The normalized spacial score (nSPS) is 12.9. The van der Waals surface area contributed by atoms with E-state index >= 15 is 0 Å². The predicted octanol–water partition coefficient (Wildman–Crippen LogP) is 8.15. The first kappa shape index (κ1) is 29.9. The van der Waals surface area contributed by atoms with Crippen molar-refractivity contribution in [2.24, 2.45) is 0 Å². The van der Waals surface area contributed by atoms with Crippen LogP contribution in [0.5, 0.6) is 5.75 Å². The van der Waals surface area contributed by atoms with E-state index in [1.807, 2.05) is 37.3 Å². The van der Waals surface area contributed by atoms with Gasteiger partial charge in [0, 0.05) is 6.54 Å². The van der Waals surface area contributed by atoms with Crippen LogP contribution in [0.3, 0.4) is 0 Å². The van der Waals surface area contributed by atoms with Crippen molar-refractivity contribution in [3.05, 3.63) is 94.5 Å². The van der Waals surface area contributed by atoms with Crippen LogP contribution in [-0.4, -0.2) is 21.6 Å². The van der Waals surface area contributed by atoms with Crippen LogP contribution in [0, 0.1) is 0 Å². The topological polar surface area (TPSA) is 55.4 Å². The predicted molar refractivity (Wildman–Crippen MR) is 159 cm³/mol. The molecule has 0 radical (unpaired) electrons. The van der Waals surface area contributed by atoms with Gasteiger partial charge in [0.15, 0.2) is 0 Å². The van der Waals surface area contributed by atoms with E-state index in [1.54, 1.807) is 0 Å². The van der Waals surface area contributed by atoms with Crippen molar-refractivity contribution in [2.75, 3.05) is 13.2 Å². The van der Waals surface area contributed by atoms with Gasteiger partial charge in [0.1, 0.15) is 5.75 Å². The summed E-state index contributed by atoms with van der Waals surface area (Å²) in [7, 11) is -3.68. The second-order valence-corrected chi connectivity index (χ2v) is 12.8. The molecule has 0 aromatic heterocycles. The SMILES string of the molecule is CCOc1ccc(C[C@@H](CCNS(=O)(=O)c2c(C(C)C)cc(C(C)C)cc2C(C)C)c2ccccc2)cc1. The fourth-order valence-electron chi connectivity index (χ4n) is 4.92. The summed E-state index contributed by atoms with van der Waals surface area (Å²) >= 11 is 0. The highest BCUT2D eigenvalue weighted by Crippen LogP contribution is 2.35. The molecule has 38 heavy (non-hydrogen) atoms. The van der Waals surface area contributed by atoms with Gasteiger partial charge in [0.25, 0.3) is 0 Å². The van der Waals surface area contributed by atoms with Crippen LogP contribution in [0.2, 0.25) is 0 Å². The minimum Gasteiger partial charge on any atom is -0.494 e. The molecule has 3 rings (SSSR count). The van der Waals surface area contributed by atoms with Crippen molar-refractivity contribution in [3.63, 3.8) is 0 Å². The van der Waals surface area contributed by atoms with E-state index in [0.29, 0.717) is 30.4 Å². The van der Waals surface area contributed by atoms with E-state index in [2.05, 4.69) is 82.7 Å². The third-order valence-corrected chi connectivity index (χ3v) is 8.71. The monoisotopic (exact) mass is 535 g/mol. The van der Waals surface area contributed by atoms with Gasteiger partial charge in [0.05, 0.1) is 11.5 Å². The molecule has 0 aliphatic carbocycles. The van der Waals surface area contributed by atoms with Gasteiger partial charge < -0.3 is 4.74 Å². The third kappa shape index (κ3) is 7.70. The average molecular weight is 536 g/mol. The Morgan fingerprint density at radius 1 is 0.763 bits per heavy atom. The van der Waals surface area contributed by atoms with E-state index in [4.69, 9.17) is 4.74 Å². The lowest BCUT2D eigenvalue weighted by molar-refractivity contribution is 0.340. The molecule has 0 saturated carbocycles. The zero-order valence-corrected chi connectivity index (χ0v) is 24.9. The molecule has 0 bridgehead atoms. The van der Waals surface area contributed by atoms with Crippen LogP contribution in [0.15, 0.2) is 71.6 Å². The zero-order valence-electron chi connectivity index (χ0n) is 24.1. The lowest BCUT2D eigenvalue weighted by atomic mass is 9.89. The Balaban J connectivity index is 1.85. The van der Waals surface area contributed by atoms with Crippen LogP contribution in [-0.2, 0) is 16.4 Å². The highest BCUT2D eigenvalue weighted by atomic mass is 32.2. The number of hydrogen-bond donors (Lipinski definition) is 1. The smallest absolute Gasteiger partial charge is 0.241 e. The van der Waals surface area contributed by atoms with Gasteiger partial charge in [-0.05, 0) is 83.4 Å². The van der Waals surface area contributed by atoms with E-state index < -0.39 is 10.0 Å². The van der Waals surface area contributed by atoms with Gasteiger partial charge >= 0.3 is 0 Å². The summed E-state index contributed by atoms with van der Waals surface area (Å²) < 4.78 is 36.2. The standard InChI is InChI=1S/C33H45NO3S/c1-8-37-30-16-14-26(15-17-30)20-28(27-12-10-9-11-13-27)18-19-34-38(35,36)33-31(24(4)5)21-29(23(2)3)22-32(33)25(6)7/h9-17,21-25,28,34H,8,18-20H2,1-7H3/t28-/m1/s1. The van der Waals surface area contributed by atoms with Crippen molar-refractivity contribution in [1.29, 1.82) is 0 Å².